The molecule has 2 aliphatic rings. The highest BCUT2D eigenvalue weighted by molar-refractivity contribution is 5.93. The highest BCUT2D eigenvalue weighted by Gasteiger charge is 2.25. The molecular weight excluding hydrogens is 448 g/mol. The Bertz CT molecular complexity index is 1660. The number of fused-ring (bicyclic) bond motifs is 8. The minimum absolute atomic E-state index is 0.337. The van der Waals surface area contributed by atoms with E-state index in [4.69, 9.17) is 19.4 Å². The first-order chi connectivity index (χ1) is 17.5. The Balaban J connectivity index is 1.26. The van der Waals surface area contributed by atoms with Gasteiger partial charge in [-0.1, -0.05) is 45.9 Å². The largest absolute Gasteiger partial charge is 0.486 e. The molecule has 0 amide bonds. The van der Waals surface area contributed by atoms with Gasteiger partial charge in [0.15, 0.2) is 5.75 Å². The third-order valence-corrected chi connectivity index (χ3v) is 7.23. The van der Waals surface area contributed by atoms with Crippen LogP contribution in [0.3, 0.4) is 0 Å². The number of H-pyrrole nitrogens is 2. The Hall–Kier alpha value is -4.06. The zero-order valence-electron chi connectivity index (χ0n) is 20.9. The number of ether oxygens (including phenoxy) is 2. The van der Waals surface area contributed by atoms with Gasteiger partial charge in [0.1, 0.15) is 41.8 Å². The summed E-state index contributed by atoms with van der Waals surface area (Å²) in [5.74, 6) is 4.43. The van der Waals surface area contributed by atoms with Crippen LogP contribution in [0.2, 0.25) is 0 Å². The van der Waals surface area contributed by atoms with Gasteiger partial charge in [-0.15, -0.1) is 0 Å². The van der Waals surface area contributed by atoms with Crippen molar-refractivity contribution in [2.75, 3.05) is 0 Å². The second-order valence-corrected chi connectivity index (χ2v) is 10.4. The topological polar surface area (TPSA) is 75.8 Å². The fraction of sp³-hybridized carbons (Fsp3) is 0.267. The van der Waals surface area contributed by atoms with Crippen LogP contribution in [0.1, 0.15) is 62.4 Å². The summed E-state index contributed by atoms with van der Waals surface area (Å²) >= 11 is 0. The number of benzene rings is 3. The standard InChI is InChI=1S/C30H28N4O2/c1-15(2)29-31-23-10-9-21-20-7-5-17(11-19(20)13-36-28(21)27(23)34-29)18-6-8-22-25(12-18)35-14-24-26(22)33-30(32-24)16(3)4/h5-12,15-16H,13-14H2,1-4H3,(H,31,34)(H,32,33). The molecule has 0 bridgehead atoms. The fourth-order valence-electron chi connectivity index (χ4n) is 5.21. The average Bonchev–Trinajstić information content (AvgIpc) is 3.53. The fourth-order valence-corrected chi connectivity index (χ4v) is 5.21. The molecule has 0 fully saturated rings. The molecule has 0 saturated heterocycles. The molecule has 3 aromatic carbocycles. The molecule has 0 radical (unpaired) electrons. The third kappa shape index (κ3) is 3.17. The van der Waals surface area contributed by atoms with Gasteiger partial charge in [0.05, 0.1) is 11.2 Å². The molecule has 7 rings (SSSR count). The molecule has 6 nitrogen and oxygen atoms in total. The minimum atomic E-state index is 0.337. The lowest BCUT2D eigenvalue weighted by molar-refractivity contribution is 0.298. The zero-order valence-corrected chi connectivity index (χ0v) is 20.9. The summed E-state index contributed by atoms with van der Waals surface area (Å²) in [7, 11) is 0. The van der Waals surface area contributed by atoms with Crippen LogP contribution >= 0.6 is 0 Å². The summed E-state index contributed by atoms with van der Waals surface area (Å²) in [5, 5.41) is 0. The van der Waals surface area contributed by atoms with Gasteiger partial charge in [-0.3, -0.25) is 0 Å². The van der Waals surface area contributed by atoms with E-state index in [1.165, 1.54) is 11.1 Å². The Labute approximate surface area is 209 Å². The molecular formula is C30H28N4O2. The number of aromatic amines is 2. The van der Waals surface area contributed by atoms with Gasteiger partial charge in [-0.25, -0.2) is 9.97 Å². The second-order valence-electron chi connectivity index (χ2n) is 10.4. The van der Waals surface area contributed by atoms with Gasteiger partial charge in [-0.05, 0) is 52.6 Å². The van der Waals surface area contributed by atoms with Gasteiger partial charge in [0, 0.05) is 23.0 Å². The van der Waals surface area contributed by atoms with E-state index in [0.29, 0.717) is 25.0 Å². The van der Waals surface area contributed by atoms with E-state index in [9.17, 15) is 0 Å². The molecule has 5 aromatic rings. The predicted octanol–water partition coefficient (Wildman–Crippen LogP) is 7.32. The van der Waals surface area contributed by atoms with Crippen molar-refractivity contribution in [2.45, 2.75) is 52.7 Å². The smallest absolute Gasteiger partial charge is 0.155 e. The molecule has 0 unspecified atom stereocenters. The van der Waals surface area contributed by atoms with Crippen molar-refractivity contribution in [2.24, 2.45) is 0 Å². The second kappa shape index (κ2) is 7.72. The molecule has 0 saturated carbocycles. The Morgan fingerprint density at radius 3 is 2.25 bits per heavy atom. The highest BCUT2D eigenvalue weighted by Crippen LogP contribution is 2.44. The molecule has 6 heteroatoms. The van der Waals surface area contributed by atoms with E-state index in [1.807, 2.05) is 0 Å². The van der Waals surface area contributed by atoms with E-state index in [-0.39, 0.29) is 0 Å². The van der Waals surface area contributed by atoms with Crippen LogP contribution in [-0.4, -0.2) is 19.9 Å². The van der Waals surface area contributed by atoms with Crippen LogP contribution in [0.4, 0.5) is 0 Å². The molecule has 0 atom stereocenters. The van der Waals surface area contributed by atoms with Crippen molar-refractivity contribution in [3.05, 3.63) is 71.4 Å². The summed E-state index contributed by atoms with van der Waals surface area (Å²) in [6, 6.07) is 17.3. The summed E-state index contributed by atoms with van der Waals surface area (Å²) in [4.78, 5) is 16.5. The summed E-state index contributed by atoms with van der Waals surface area (Å²) in [5.41, 5.74) is 10.8. The van der Waals surface area contributed by atoms with Crippen molar-refractivity contribution < 1.29 is 9.47 Å². The average molecular weight is 477 g/mol. The number of nitrogens with zero attached hydrogens (tertiary/aromatic N) is 2. The van der Waals surface area contributed by atoms with E-state index >= 15 is 0 Å². The lowest BCUT2D eigenvalue weighted by Gasteiger charge is -2.22. The monoisotopic (exact) mass is 476 g/mol. The van der Waals surface area contributed by atoms with E-state index in [0.717, 1.165) is 67.8 Å². The summed E-state index contributed by atoms with van der Waals surface area (Å²) in [6.45, 7) is 9.59. The molecule has 0 spiro atoms. The number of imidazole rings is 2. The SMILES string of the molecule is CC(C)c1nc2c([nH]1)-c1ccc(-c3ccc4c(c3)COc3c-4ccc4[nH]c(C(C)C)nc34)cc1OC2. The molecule has 2 N–H and O–H groups in total. The molecule has 4 heterocycles. The Morgan fingerprint density at radius 1 is 0.722 bits per heavy atom. The van der Waals surface area contributed by atoms with Gasteiger partial charge in [-0.2, -0.15) is 0 Å². The maximum Gasteiger partial charge on any atom is 0.155 e. The summed E-state index contributed by atoms with van der Waals surface area (Å²) < 4.78 is 12.4. The number of nitrogens with one attached hydrogen (secondary N) is 2. The summed E-state index contributed by atoms with van der Waals surface area (Å²) in [6.07, 6.45) is 0. The van der Waals surface area contributed by atoms with E-state index in [1.54, 1.807) is 0 Å². The van der Waals surface area contributed by atoms with Crippen LogP contribution in [0.5, 0.6) is 11.5 Å². The number of hydrogen-bond acceptors (Lipinski definition) is 4. The van der Waals surface area contributed by atoms with Gasteiger partial charge < -0.3 is 19.4 Å². The first-order valence-corrected chi connectivity index (χ1v) is 12.6. The minimum Gasteiger partial charge on any atom is -0.486 e. The van der Waals surface area contributed by atoms with Crippen molar-refractivity contribution >= 4 is 11.0 Å². The Kier molecular flexibility index (Phi) is 4.55. The van der Waals surface area contributed by atoms with E-state index < -0.39 is 0 Å². The van der Waals surface area contributed by atoms with Crippen molar-refractivity contribution in [3.63, 3.8) is 0 Å². The quantitative estimate of drug-likeness (QED) is 0.286. The maximum absolute atomic E-state index is 6.28. The third-order valence-electron chi connectivity index (χ3n) is 7.23. The maximum atomic E-state index is 6.28. The first kappa shape index (κ1) is 21.2. The van der Waals surface area contributed by atoms with Crippen LogP contribution < -0.4 is 9.47 Å². The van der Waals surface area contributed by atoms with Crippen LogP contribution in [0.15, 0.2) is 48.5 Å². The van der Waals surface area contributed by atoms with Crippen LogP contribution in [0, 0.1) is 0 Å². The molecule has 2 aromatic heterocycles. The van der Waals surface area contributed by atoms with Crippen molar-refractivity contribution in [1.82, 2.24) is 19.9 Å². The number of rotatable bonds is 3. The molecule has 0 aliphatic carbocycles. The number of aromatic nitrogens is 4. The number of hydrogen-bond donors (Lipinski definition) is 2. The normalized spacial score (nSPS) is 13.7. The van der Waals surface area contributed by atoms with Gasteiger partial charge in [0.2, 0.25) is 0 Å². The van der Waals surface area contributed by atoms with E-state index in [2.05, 4.69) is 86.2 Å². The lowest BCUT2D eigenvalue weighted by Crippen LogP contribution is -2.06. The Morgan fingerprint density at radius 2 is 1.44 bits per heavy atom. The van der Waals surface area contributed by atoms with Gasteiger partial charge in [0.25, 0.3) is 0 Å². The van der Waals surface area contributed by atoms with Crippen LogP contribution in [0.25, 0.3) is 44.5 Å². The molecule has 2 aliphatic heterocycles. The van der Waals surface area contributed by atoms with Crippen LogP contribution in [-0.2, 0) is 13.2 Å². The van der Waals surface area contributed by atoms with Gasteiger partial charge >= 0.3 is 0 Å². The highest BCUT2D eigenvalue weighted by atomic mass is 16.5. The first-order valence-electron chi connectivity index (χ1n) is 12.6. The molecule has 36 heavy (non-hydrogen) atoms. The molecule has 180 valence electrons. The lowest BCUT2D eigenvalue weighted by atomic mass is 9.92. The van der Waals surface area contributed by atoms with Crippen molar-refractivity contribution in [1.29, 1.82) is 0 Å². The predicted molar refractivity (Wildman–Crippen MR) is 141 cm³/mol. The van der Waals surface area contributed by atoms with Crippen molar-refractivity contribution in [3.8, 4) is 45.0 Å². The zero-order chi connectivity index (χ0) is 24.6.